The molecule has 0 radical (unpaired) electrons. The number of ether oxygens (including phenoxy) is 9. The molecule has 3 aromatic carbocycles. The summed E-state index contributed by atoms with van der Waals surface area (Å²) in [6, 6.07) is 29.7. The van der Waals surface area contributed by atoms with Crippen LogP contribution in [0.25, 0.3) is 0 Å². The molecule has 14 heteroatoms. The van der Waals surface area contributed by atoms with Crippen molar-refractivity contribution in [3.05, 3.63) is 108 Å². The number of rotatable bonds is 14. The van der Waals surface area contributed by atoms with Gasteiger partial charge < -0.3 is 47.7 Å². The maximum Gasteiger partial charge on any atom is 0.303 e. The number of aliphatic hydroxyl groups is 1. The smallest absolute Gasteiger partial charge is 0.303 e. The van der Waals surface area contributed by atoms with Gasteiger partial charge in [0.1, 0.15) is 30.5 Å². The first kappa shape index (κ1) is 43.5. The Labute approximate surface area is 364 Å². The molecule has 0 saturated carbocycles. The molecular formula is C41H49I3O11. The number of halogens is 3. The minimum Gasteiger partial charge on any atom is -0.457 e. The Morgan fingerprint density at radius 2 is 0.909 bits per heavy atom. The maximum absolute atomic E-state index is 12.2. The molecule has 0 bridgehead atoms. The molecule has 3 saturated heterocycles. The quantitative estimate of drug-likeness (QED) is 0.101. The Balaban J connectivity index is 1.24. The normalized spacial score (nSPS) is 36.6. The molecule has 3 heterocycles. The van der Waals surface area contributed by atoms with E-state index in [0.717, 1.165) is 16.7 Å². The van der Waals surface area contributed by atoms with Crippen molar-refractivity contribution in [2.45, 2.75) is 133 Å². The number of hydrogen-bond acceptors (Lipinski definition) is 11. The highest BCUT2D eigenvalue weighted by atomic mass is 127. The molecule has 0 aromatic heterocycles. The molecule has 0 spiro atoms. The molecular weight excluding hydrogens is 1050 g/mol. The van der Waals surface area contributed by atoms with Gasteiger partial charge in [-0.1, -0.05) is 159 Å². The van der Waals surface area contributed by atoms with Crippen LogP contribution in [-0.4, -0.2) is 96.7 Å². The van der Waals surface area contributed by atoms with E-state index in [4.69, 9.17) is 42.6 Å². The van der Waals surface area contributed by atoms with Crippen molar-refractivity contribution in [3.63, 3.8) is 0 Å². The van der Waals surface area contributed by atoms with Gasteiger partial charge in [-0.3, -0.25) is 4.79 Å². The van der Waals surface area contributed by atoms with Gasteiger partial charge in [0, 0.05) is 6.92 Å². The van der Waals surface area contributed by atoms with Crippen LogP contribution in [-0.2, 0) is 67.2 Å². The fraction of sp³-hybridized carbons (Fsp3) is 0.537. The first-order valence-electron chi connectivity index (χ1n) is 18.5. The predicted molar refractivity (Wildman–Crippen MR) is 229 cm³/mol. The Hall–Kier alpha value is -1.04. The fourth-order valence-corrected chi connectivity index (χ4v) is 9.67. The van der Waals surface area contributed by atoms with E-state index in [1.54, 1.807) is 0 Å². The lowest BCUT2D eigenvalue weighted by Crippen LogP contribution is -2.64. The molecule has 3 aliphatic heterocycles. The highest BCUT2D eigenvalue weighted by Gasteiger charge is 2.53. The summed E-state index contributed by atoms with van der Waals surface area (Å²) in [7, 11) is 0. The van der Waals surface area contributed by atoms with Crippen LogP contribution >= 0.6 is 67.8 Å². The first-order chi connectivity index (χ1) is 26.5. The third-order valence-corrected chi connectivity index (χ3v) is 13.8. The van der Waals surface area contributed by atoms with Crippen LogP contribution in [0.15, 0.2) is 91.0 Å². The molecule has 3 aliphatic rings. The minimum atomic E-state index is -1.06. The van der Waals surface area contributed by atoms with Gasteiger partial charge >= 0.3 is 5.97 Å². The lowest BCUT2D eigenvalue weighted by molar-refractivity contribution is -0.325. The molecule has 11 nitrogen and oxygen atoms in total. The summed E-state index contributed by atoms with van der Waals surface area (Å²) in [5.41, 5.74) is 3.03. The lowest BCUT2D eigenvalue weighted by atomic mass is 9.98. The van der Waals surface area contributed by atoms with Crippen molar-refractivity contribution in [1.82, 2.24) is 0 Å². The third kappa shape index (κ3) is 11.4. The van der Waals surface area contributed by atoms with E-state index in [9.17, 15) is 9.90 Å². The van der Waals surface area contributed by atoms with E-state index in [1.807, 2.05) is 112 Å². The van der Waals surface area contributed by atoms with E-state index in [0.29, 0.717) is 19.8 Å². The second-order valence-corrected chi connectivity index (χ2v) is 18.4. The highest BCUT2D eigenvalue weighted by molar-refractivity contribution is 14.1. The van der Waals surface area contributed by atoms with E-state index in [2.05, 4.69) is 67.8 Å². The predicted octanol–water partition coefficient (Wildman–Crippen LogP) is 7.08. The molecule has 0 aliphatic carbocycles. The molecule has 0 unspecified atom stereocenters. The van der Waals surface area contributed by atoms with Crippen LogP contribution in [0.1, 0.15) is 44.4 Å². The summed E-state index contributed by atoms with van der Waals surface area (Å²) in [4.78, 5) is 12.2. The van der Waals surface area contributed by atoms with Gasteiger partial charge in [-0.05, 0) is 37.5 Å². The van der Waals surface area contributed by atoms with Crippen molar-refractivity contribution >= 4 is 73.7 Å². The number of benzene rings is 3. The molecule has 1 N–H and O–H groups in total. The molecule has 3 fully saturated rings. The second-order valence-electron chi connectivity index (χ2n) is 14.0. The number of carbonyl (C=O) groups excluding carboxylic acids is 1. The van der Waals surface area contributed by atoms with E-state index in [1.165, 1.54) is 6.92 Å². The zero-order chi connectivity index (χ0) is 39.1. The van der Waals surface area contributed by atoms with E-state index in [-0.39, 0.29) is 3.92 Å². The zero-order valence-electron chi connectivity index (χ0n) is 31.1. The molecule has 55 heavy (non-hydrogen) atoms. The zero-order valence-corrected chi connectivity index (χ0v) is 37.6. The fourth-order valence-electron chi connectivity index (χ4n) is 7.05. The van der Waals surface area contributed by atoms with Gasteiger partial charge in [-0.15, -0.1) is 0 Å². The number of hydrogen-bond donors (Lipinski definition) is 1. The largest absolute Gasteiger partial charge is 0.457 e. The van der Waals surface area contributed by atoms with Crippen molar-refractivity contribution in [2.24, 2.45) is 0 Å². The van der Waals surface area contributed by atoms with Gasteiger partial charge in [0.25, 0.3) is 0 Å². The third-order valence-electron chi connectivity index (χ3n) is 9.89. The molecule has 0 amide bonds. The molecule has 300 valence electrons. The van der Waals surface area contributed by atoms with Gasteiger partial charge in [-0.25, -0.2) is 0 Å². The number of carbonyl (C=O) groups is 1. The van der Waals surface area contributed by atoms with Crippen molar-refractivity contribution in [2.75, 3.05) is 0 Å². The van der Waals surface area contributed by atoms with E-state index < -0.39 is 87.6 Å². The summed E-state index contributed by atoms with van der Waals surface area (Å²) in [6.07, 6.45) is -7.40. The summed E-state index contributed by atoms with van der Waals surface area (Å²) >= 11 is 6.77. The Morgan fingerprint density at radius 1 is 0.545 bits per heavy atom. The topological polar surface area (TPSA) is 120 Å². The Kier molecular flexibility index (Phi) is 16.4. The summed E-state index contributed by atoms with van der Waals surface area (Å²) in [5.74, 6) is -0.413. The standard InChI is InChI=1S/C41H49I3O11/c1-23-33(47-20-27-14-8-5-9-15-27)37(30(42)39(46)50-23)54-41-32(44)38(34(24(2)51-41)48-21-28-16-10-6-11-17-28)55-40-31(43)36(35(25(3)52-40)53-26(4)45)49-22-29-18-12-7-13-19-29/h5-19,23-25,30-41,46H,20-22H2,1-4H3/t23-,24-,25-,30+,31+,32+,33-,34-,35-,36+,37+,38+,39+,40-,41-/m0/s1. The van der Waals surface area contributed by atoms with E-state index >= 15 is 0 Å². The Morgan fingerprint density at radius 3 is 1.35 bits per heavy atom. The molecule has 3 aromatic rings. The van der Waals surface area contributed by atoms with Crippen LogP contribution in [0, 0.1) is 0 Å². The monoisotopic (exact) mass is 1100 g/mol. The van der Waals surface area contributed by atoms with Crippen molar-refractivity contribution in [1.29, 1.82) is 0 Å². The van der Waals surface area contributed by atoms with Crippen LogP contribution in [0.4, 0.5) is 0 Å². The Bertz CT molecular complexity index is 1610. The average Bonchev–Trinajstić information content (AvgIpc) is 3.17. The van der Waals surface area contributed by atoms with Gasteiger partial charge in [0.15, 0.2) is 25.0 Å². The van der Waals surface area contributed by atoms with Crippen LogP contribution in [0.5, 0.6) is 0 Å². The van der Waals surface area contributed by atoms with Gasteiger partial charge in [0.2, 0.25) is 0 Å². The van der Waals surface area contributed by atoms with Crippen molar-refractivity contribution in [3.8, 4) is 0 Å². The van der Waals surface area contributed by atoms with Crippen molar-refractivity contribution < 1.29 is 52.5 Å². The minimum absolute atomic E-state index is 0.324. The first-order valence-corrected chi connectivity index (χ1v) is 22.2. The van der Waals surface area contributed by atoms with Crippen LogP contribution < -0.4 is 0 Å². The summed E-state index contributed by atoms with van der Waals surface area (Å²) < 4.78 is 57.0. The SMILES string of the molecule is CC(=O)O[C@@H]1[C@H](OCc2ccccc2)[C@@H](I)[C@H](O[C@@H]2[C@@H](I)[C@H](O[C@@H]3[C@@H](I)[C@H](O)O[C@@H](C)[C@@H]3OCc3ccccc3)O[C@@H](C)[C@@H]2OCc2ccccc2)O[C@H]1C. The van der Waals surface area contributed by atoms with Gasteiger partial charge in [0.05, 0.1) is 49.9 Å². The lowest BCUT2D eigenvalue weighted by Gasteiger charge is -2.49. The maximum atomic E-state index is 12.2. The second kappa shape index (κ2) is 20.8. The van der Waals surface area contributed by atoms with Crippen LogP contribution in [0.3, 0.4) is 0 Å². The molecule has 6 rings (SSSR count). The summed E-state index contributed by atoms with van der Waals surface area (Å²) in [6.45, 7) is 8.10. The van der Waals surface area contributed by atoms with Gasteiger partial charge in [-0.2, -0.15) is 0 Å². The number of esters is 1. The highest BCUT2D eigenvalue weighted by Crippen LogP contribution is 2.40. The average molecular weight is 1100 g/mol. The number of aliphatic hydroxyl groups excluding tert-OH is 1. The summed E-state index contributed by atoms with van der Waals surface area (Å²) in [5, 5.41) is 10.9. The molecule has 15 atom stereocenters. The van der Waals surface area contributed by atoms with Crippen LogP contribution in [0.2, 0.25) is 0 Å². The number of alkyl halides is 3.